The van der Waals surface area contributed by atoms with E-state index in [1.165, 1.54) is 11.8 Å². The molecule has 0 saturated carbocycles. The third-order valence-corrected chi connectivity index (χ3v) is 4.49. The molecule has 2 atom stereocenters. The highest BCUT2D eigenvalue weighted by Crippen LogP contribution is 2.39. The van der Waals surface area contributed by atoms with Crippen LogP contribution in [0.4, 0.5) is 0 Å². The summed E-state index contributed by atoms with van der Waals surface area (Å²) in [6.07, 6.45) is 3.41. The van der Waals surface area contributed by atoms with Crippen LogP contribution in [-0.4, -0.2) is 26.4 Å². The molecule has 0 aliphatic carbocycles. The fourth-order valence-electron chi connectivity index (χ4n) is 2.20. The van der Waals surface area contributed by atoms with Gasteiger partial charge in [-0.2, -0.15) is 0 Å². The molecule has 2 heterocycles. The molecule has 2 N–H and O–H groups in total. The Kier molecular flexibility index (Phi) is 3.98. The highest BCUT2D eigenvalue weighted by molar-refractivity contribution is 8.15. The number of thioether (sulfide) groups is 1. The first kappa shape index (κ1) is 13.8. The van der Waals surface area contributed by atoms with Gasteiger partial charge in [0, 0.05) is 18.0 Å². The van der Waals surface area contributed by atoms with Gasteiger partial charge in [0.15, 0.2) is 0 Å². The predicted octanol–water partition coefficient (Wildman–Crippen LogP) is 2.19. The summed E-state index contributed by atoms with van der Waals surface area (Å²) in [6.45, 7) is 0. The average Bonchev–Trinajstić information content (AvgIpc) is 3.01. The van der Waals surface area contributed by atoms with Crippen molar-refractivity contribution in [1.82, 2.24) is 10.5 Å². The lowest BCUT2D eigenvalue weighted by Crippen LogP contribution is -2.32. The Hall–Kier alpha value is -2.18. The minimum atomic E-state index is -0.493. The van der Waals surface area contributed by atoms with Gasteiger partial charge in [-0.15, -0.1) is 0 Å². The monoisotopic (exact) mass is 299 g/mol. The highest BCUT2D eigenvalue weighted by atomic mass is 32.2. The standard InChI is InChI=1S/C15H13N3O2S/c19-14(18-20)13-12(10-5-2-1-3-6-10)17-15(21-13)11-7-4-8-16-9-11/h1-9,12-13,20H,(H,18,19). The first-order chi connectivity index (χ1) is 10.3. The van der Waals surface area contributed by atoms with Crippen LogP contribution in [0.5, 0.6) is 0 Å². The van der Waals surface area contributed by atoms with Crippen molar-refractivity contribution in [2.45, 2.75) is 11.3 Å². The Morgan fingerprint density at radius 3 is 2.67 bits per heavy atom. The molecule has 1 aromatic carbocycles. The van der Waals surface area contributed by atoms with Crippen molar-refractivity contribution in [1.29, 1.82) is 0 Å². The number of pyridine rings is 1. The normalized spacial score (nSPS) is 20.9. The second-order valence-corrected chi connectivity index (χ2v) is 5.68. The van der Waals surface area contributed by atoms with Crippen LogP contribution in [0.2, 0.25) is 0 Å². The first-order valence-corrected chi connectivity index (χ1v) is 7.31. The van der Waals surface area contributed by atoms with E-state index < -0.39 is 11.2 Å². The minimum Gasteiger partial charge on any atom is -0.289 e. The Morgan fingerprint density at radius 2 is 2.00 bits per heavy atom. The van der Waals surface area contributed by atoms with Gasteiger partial charge in [-0.05, 0) is 17.7 Å². The summed E-state index contributed by atoms with van der Waals surface area (Å²) in [5.74, 6) is -0.448. The van der Waals surface area contributed by atoms with E-state index in [4.69, 9.17) is 5.21 Å². The number of nitrogens with one attached hydrogen (secondary N) is 1. The van der Waals surface area contributed by atoms with E-state index in [2.05, 4.69) is 9.98 Å². The van der Waals surface area contributed by atoms with Crippen LogP contribution in [0.15, 0.2) is 59.9 Å². The molecule has 1 amide bonds. The molecule has 6 heteroatoms. The molecular formula is C15H13N3O2S. The molecule has 5 nitrogen and oxygen atoms in total. The maximum absolute atomic E-state index is 11.9. The van der Waals surface area contributed by atoms with E-state index in [-0.39, 0.29) is 6.04 Å². The summed E-state index contributed by atoms with van der Waals surface area (Å²) in [5.41, 5.74) is 3.54. The Morgan fingerprint density at radius 1 is 1.19 bits per heavy atom. The second-order valence-electron chi connectivity index (χ2n) is 4.55. The van der Waals surface area contributed by atoms with Crippen LogP contribution in [0.3, 0.4) is 0 Å². The lowest BCUT2D eigenvalue weighted by Gasteiger charge is -2.15. The lowest BCUT2D eigenvalue weighted by molar-refractivity contribution is -0.128. The van der Waals surface area contributed by atoms with Gasteiger partial charge in [-0.1, -0.05) is 42.1 Å². The van der Waals surface area contributed by atoms with Crippen molar-refractivity contribution in [3.63, 3.8) is 0 Å². The minimum absolute atomic E-state index is 0.321. The fourth-order valence-corrected chi connectivity index (χ4v) is 3.38. The number of aliphatic imine (C=N–C) groups is 1. The number of carbonyl (C=O) groups is 1. The van der Waals surface area contributed by atoms with Gasteiger partial charge in [0.05, 0.1) is 6.04 Å². The number of amides is 1. The van der Waals surface area contributed by atoms with Gasteiger partial charge in [-0.25, -0.2) is 5.48 Å². The molecule has 0 radical (unpaired) electrons. The zero-order valence-electron chi connectivity index (χ0n) is 11.0. The van der Waals surface area contributed by atoms with E-state index in [0.717, 1.165) is 16.2 Å². The summed E-state index contributed by atoms with van der Waals surface area (Å²) in [4.78, 5) is 20.6. The van der Waals surface area contributed by atoms with Gasteiger partial charge in [0.25, 0.3) is 5.91 Å². The SMILES string of the molecule is O=C(NO)C1SC(c2cccnc2)=NC1c1ccccc1. The molecule has 1 aliphatic rings. The first-order valence-electron chi connectivity index (χ1n) is 6.43. The molecule has 0 fully saturated rings. The highest BCUT2D eigenvalue weighted by Gasteiger charge is 2.37. The zero-order chi connectivity index (χ0) is 14.7. The Labute approximate surface area is 126 Å². The summed E-state index contributed by atoms with van der Waals surface area (Å²) in [5, 5.41) is 9.20. The van der Waals surface area contributed by atoms with Crippen molar-refractivity contribution in [3.05, 3.63) is 66.0 Å². The third kappa shape index (κ3) is 2.81. The molecule has 2 aromatic rings. The Balaban J connectivity index is 1.97. The number of carbonyl (C=O) groups excluding carboxylic acids is 1. The summed E-state index contributed by atoms with van der Waals surface area (Å²) in [6, 6.07) is 13.0. The molecule has 3 rings (SSSR count). The topological polar surface area (TPSA) is 74.6 Å². The van der Waals surface area contributed by atoms with E-state index in [9.17, 15) is 4.79 Å². The van der Waals surface area contributed by atoms with E-state index in [1.807, 2.05) is 42.5 Å². The molecule has 21 heavy (non-hydrogen) atoms. The van der Waals surface area contributed by atoms with Crippen molar-refractivity contribution in [2.24, 2.45) is 4.99 Å². The van der Waals surface area contributed by atoms with Gasteiger partial charge < -0.3 is 0 Å². The van der Waals surface area contributed by atoms with Crippen LogP contribution in [0.1, 0.15) is 17.2 Å². The van der Waals surface area contributed by atoms with Crippen LogP contribution < -0.4 is 5.48 Å². The number of rotatable bonds is 3. The quantitative estimate of drug-likeness (QED) is 0.673. The van der Waals surface area contributed by atoms with Crippen LogP contribution in [0.25, 0.3) is 0 Å². The molecule has 0 saturated heterocycles. The van der Waals surface area contributed by atoms with E-state index in [1.54, 1.807) is 17.9 Å². The number of hydroxylamine groups is 1. The van der Waals surface area contributed by atoms with Crippen molar-refractivity contribution in [3.8, 4) is 0 Å². The van der Waals surface area contributed by atoms with Crippen molar-refractivity contribution >= 4 is 22.7 Å². The summed E-state index contributed by atoms with van der Waals surface area (Å²) in [7, 11) is 0. The third-order valence-electron chi connectivity index (χ3n) is 3.20. The lowest BCUT2D eigenvalue weighted by atomic mass is 10.0. The summed E-state index contributed by atoms with van der Waals surface area (Å²) < 4.78 is 0. The molecule has 106 valence electrons. The van der Waals surface area contributed by atoms with Crippen molar-refractivity contribution in [2.75, 3.05) is 0 Å². The van der Waals surface area contributed by atoms with Crippen LogP contribution >= 0.6 is 11.8 Å². The molecular weight excluding hydrogens is 286 g/mol. The van der Waals surface area contributed by atoms with Crippen LogP contribution in [0, 0.1) is 0 Å². The second kappa shape index (κ2) is 6.07. The molecule has 1 aromatic heterocycles. The number of hydrogen-bond acceptors (Lipinski definition) is 5. The van der Waals surface area contributed by atoms with E-state index >= 15 is 0 Å². The maximum atomic E-state index is 11.9. The number of aromatic nitrogens is 1. The number of hydrogen-bond donors (Lipinski definition) is 2. The van der Waals surface area contributed by atoms with Gasteiger partial charge in [-0.3, -0.25) is 20.0 Å². The predicted molar refractivity (Wildman–Crippen MR) is 81.3 cm³/mol. The number of nitrogens with zero attached hydrogens (tertiary/aromatic N) is 2. The van der Waals surface area contributed by atoms with E-state index in [0.29, 0.717) is 0 Å². The molecule has 1 aliphatic heterocycles. The smallest absolute Gasteiger partial charge is 0.259 e. The maximum Gasteiger partial charge on any atom is 0.259 e. The summed E-state index contributed by atoms with van der Waals surface area (Å²) >= 11 is 1.34. The average molecular weight is 299 g/mol. The molecule has 2 unspecified atom stereocenters. The van der Waals surface area contributed by atoms with Crippen molar-refractivity contribution < 1.29 is 10.0 Å². The molecule has 0 spiro atoms. The Bertz CT molecular complexity index is 661. The molecule has 0 bridgehead atoms. The van der Waals surface area contributed by atoms with Gasteiger partial charge in [0.1, 0.15) is 10.3 Å². The number of benzene rings is 1. The van der Waals surface area contributed by atoms with Gasteiger partial charge in [0.2, 0.25) is 0 Å². The largest absolute Gasteiger partial charge is 0.289 e. The zero-order valence-corrected chi connectivity index (χ0v) is 11.8. The van der Waals surface area contributed by atoms with Crippen LogP contribution in [-0.2, 0) is 4.79 Å². The fraction of sp³-hybridized carbons (Fsp3) is 0.133. The van der Waals surface area contributed by atoms with Gasteiger partial charge >= 0.3 is 0 Å².